The topological polar surface area (TPSA) is 99.7 Å². The molecule has 1 fully saturated rings. The summed E-state index contributed by atoms with van der Waals surface area (Å²) in [6.45, 7) is 1.32. The van der Waals surface area contributed by atoms with Crippen molar-refractivity contribution in [1.82, 2.24) is 10.7 Å². The Balaban J connectivity index is 1.88. The Morgan fingerprint density at radius 2 is 2.05 bits per heavy atom. The van der Waals surface area contributed by atoms with E-state index in [0.717, 1.165) is 11.8 Å². The predicted octanol–water partition coefficient (Wildman–Crippen LogP) is 0.654. The first-order valence-corrected chi connectivity index (χ1v) is 7.09. The van der Waals surface area contributed by atoms with Crippen molar-refractivity contribution in [1.29, 1.82) is 0 Å². The standard InChI is InChI=1S/C13H14N4O3S/c1-8(18)16-17-13-15-12(20)10(21-13)7-11(19)14-9-5-3-2-4-6-9/h2-6,10H,7H2,1H3,(H,14,19)(H,16,18)(H,15,17,20)/t10-/m0/s1. The second-order valence-corrected chi connectivity index (χ2v) is 5.49. The molecule has 2 rings (SSSR count). The summed E-state index contributed by atoms with van der Waals surface area (Å²) in [6.07, 6.45) is 0.0322. The molecule has 1 aromatic rings. The van der Waals surface area contributed by atoms with E-state index in [4.69, 9.17) is 0 Å². The number of carbonyl (C=O) groups is 3. The Labute approximate surface area is 125 Å². The number of hydrogen-bond acceptors (Lipinski definition) is 5. The van der Waals surface area contributed by atoms with Gasteiger partial charge in [-0.2, -0.15) is 0 Å². The van der Waals surface area contributed by atoms with Gasteiger partial charge in [0, 0.05) is 19.0 Å². The van der Waals surface area contributed by atoms with Crippen LogP contribution in [0.1, 0.15) is 13.3 Å². The third-order valence-corrected chi connectivity index (χ3v) is 3.60. The van der Waals surface area contributed by atoms with Crippen molar-refractivity contribution in [2.75, 3.05) is 5.32 Å². The van der Waals surface area contributed by atoms with E-state index in [1.165, 1.54) is 6.92 Å². The highest BCUT2D eigenvalue weighted by Crippen LogP contribution is 2.22. The van der Waals surface area contributed by atoms with Crippen molar-refractivity contribution in [3.8, 4) is 0 Å². The van der Waals surface area contributed by atoms with Gasteiger partial charge in [0.15, 0.2) is 5.17 Å². The van der Waals surface area contributed by atoms with Crippen LogP contribution in [0.4, 0.5) is 5.69 Å². The third-order valence-electron chi connectivity index (χ3n) is 2.52. The van der Waals surface area contributed by atoms with Gasteiger partial charge in [-0.1, -0.05) is 30.0 Å². The van der Waals surface area contributed by atoms with Gasteiger partial charge in [-0.05, 0) is 12.1 Å². The molecule has 0 radical (unpaired) electrons. The van der Waals surface area contributed by atoms with Gasteiger partial charge in [-0.15, -0.1) is 5.10 Å². The molecule has 0 saturated carbocycles. The average Bonchev–Trinajstić information content (AvgIpc) is 2.78. The Hall–Kier alpha value is -2.35. The summed E-state index contributed by atoms with van der Waals surface area (Å²) in [7, 11) is 0. The molecule has 110 valence electrons. The van der Waals surface area contributed by atoms with Crippen molar-refractivity contribution in [2.24, 2.45) is 5.10 Å². The molecule has 1 aliphatic heterocycles. The van der Waals surface area contributed by atoms with Crippen LogP contribution in [0.5, 0.6) is 0 Å². The van der Waals surface area contributed by atoms with Gasteiger partial charge in [0.05, 0.1) is 0 Å². The van der Waals surface area contributed by atoms with Crippen LogP contribution in [0.15, 0.2) is 35.4 Å². The van der Waals surface area contributed by atoms with Gasteiger partial charge >= 0.3 is 0 Å². The summed E-state index contributed by atoms with van der Waals surface area (Å²) >= 11 is 1.11. The molecule has 1 aliphatic rings. The first-order chi connectivity index (χ1) is 10.0. The zero-order valence-corrected chi connectivity index (χ0v) is 12.1. The Kier molecular flexibility index (Phi) is 4.94. The maximum atomic E-state index is 11.9. The second kappa shape index (κ2) is 6.89. The van der Waals surface area contributed by atoms with E-state index in [1.54, 1.807) is 12.1 Å². The molecule has 21 heavy (non-hydrogen) atoms. The number of benzene rings is 1. The quantitative estimate of drug-likeness (QED) is 0.711. The maximum absolute atomic E-state index is 11.9. The minimum Gasteiger partial charge on any atom is -0.326 e. The molecular weight excluding hydrogens is 292 g/mol. The minimum absolute atomic E-state index is 0.0322. The van der Waals surface area contributed by atoms with E-state index < -0.39 is 5.25 Å². The van der Waals surface area contributed by atoms with E-state index in [9.17, 15) is 14.4 Å². The van der Waals surface area contributed by atoms with Crippen molar-refractivity contribution in [2.45, 2.75) is 18.6 Å². The Morgan fingerprint density at radius 3 is 2.71 bits per heavy atom. The fourth-order valence-electron chi connectivity index (χ4n) is 1.62. The van der Waals surface area contributed by atoms with Gasteiger partial charge in [0.2, 0.25) is 17.7 Å². The van der Waals surface area contributed by atoms with Crippen molar-refractivity contribution in [3.05, 3.63) is 30.3 Å². The minimum atomic E-state index is -0.554. The molecule has 1 atom stereocenters. The zero-order chi connectivity index (χ0) is 15.2. The van der Waals surface area contributed by atoms with Crippen LogP contribution in [0.3, 0.4) is 0 Å². The molecule has 0 unspecified atom stereocenters. The number of hydrazone groups is 1. The molecule has 0 aromatic heterocycles. The summed E-state index contributed by atoms with van der Waals surface area (Å²) in [5, 5.41) is 8.68. The number of para-hydroxylation sites is 1. The second-order valence-electron chi connectivity index (χ2n) is 4.30. The number of anilines is 1. The van der Waals surface area contributed by atoms with Gasteiger partial charge in [0.25, 0.3) is 0 Å². The molecule has 3 amide bonds. The maximum Gasteiger partial charge on any atom is 0.240 e. The molecule has 1 heterocycles. The van der Waals surface area contributed by atoms with Crippen LogP contribution in [0.2, 0.25) is 0 Å². The zero-order valence-electron chi connectivity index (χ0n) is 11.3. The molecule has 0 spiro atoms. The van der Waals surface area contributed by atoms with Crippen LogP contribution < -0.4 is 16.1 Å². The Bertz CT molecular complexity index is 588. The highest BCUT2D eigenvalue weighted by molar-refractivity contribution is 8.15. The molecule has 0 aliphatic carbocycles. The Morgan fingerprint density at radius 1 is 1.33 bits per heavy atom. The molecule has 1 saturated heterocycles. The van der Waals surface area contributed by atoms with E-state index >= 15 is 0 Å². The molecule has 7 nitrogen and oxygen atoms in total. The fraction of sp³-hybridized carbons (Fsp3) is 0.231. The van der Waals surface area contributed by atoms with Gasteiger partial charge in [-0.3, -0.25) is 14.4 Å². The van der Waals surface area contributed by atoms with Crippen molar-refractivity contribution >= 4 is 40.3 Å². The predicted molar refractivity (Wildman–Crippen MR) is 80.5 cm³/mol. The largest absolute Gasteiger partial charge is 0.326 e. The van der Waals surface area contributed by atoms with E-state index in [2.05, 4.69) is 21.2 Å². The lowest BCUT2D eigenvalue weighted by molar-refractivity contribution is -0.122. The van der Waals surface area contributed by atoms with Crippen LogP contribution in [-0.4, -0.2) is 28.1 Å². The number of hydrogen-bond donors (Lipinski definition) is 3. The smallest absolute Gasteiger partial charge is 0.240 e. The molecule has 0 bridgehead atoms. The number of amides is 3. The van der Waals surface area contributed by atoms with E-state index in [0.29, 0.717) is 5.69 Å². The number of thioether (sulfide) groups is 1. The number of rotatable bonds is 4. The monoisotopic (exact) mass is 306 g/mol. The first kappa shape index (κ1) is 15.0. The van der Waals surface area contributed by atoms with Crippen LogP contribution >= 0.6 is 11.8 Å². The summed E-state index contributed by atoms with van der Waals surface area (Å²) in [4.78, 5) is 34.3. The normalized spacial score (nSPS) is 19.2. The number of carbonyl (C=O) groups excluding carboxylic acids is 3. The average molecular weight is 306 g/mol. The molecular formula is C13H14N4O3S. The summed E-state index contributed by atoms with van der Waals surface area (Å²) in [6, 6.07) is 9.00. The van der Waals surface area contributed by atoms with Crippen LogP contribution in [0, 0.1) is 0 Å². The van der Waals surface area contributed by atoms with Crippen LogP contribution in [-0.2, 0) is 14.4 Å². The lowest BCUT2D eigenvalue weighted by Crippen LogP contribution is -2.28. The lowest BCUT2D eigenvalue weighted by atomic mass is 10.2. The number of amidine groups is 1. The highest BCUT2D eigenvalue weighted by atomic mass is 32.2. The third kappa shape index (κ3) is 4.60. The van der Waals surface area contributed by atoms with Gasteiger partial charge in [0.1, 0.15) is 5.25 Å². The van der Waals surface area contributed by atoms with Crippen molar-refractivity contribution in [3.63, 3.8) is 0 Å². The van der Waals surface area contributed by atoms with Gasteiger partial charge < -0.3 is 10.6 Å². The first-order valence-electron chi connectivity index (χ1n) is 6.21. The SMILES string of the molecule is CC(=O)N/N=C1\NC(=O)[C@H](CC(=O)Nc2ccccc2)S1. The summed E-state index contributed by atoms with van der Waals surface area (Å²) in [5.41, 5.74) is 2.91. The molecule has 1 aromatic carbocycles. The fourth-order valence-corrected chi connectivity index (χ4v) is 2.55. The molecule has 8 heteroatoms. The van der Waals surface area contributed by atoms with E-state index in [1.807, 2.05) is 18.2 Å². The number of nitrogens with zero attached hydrogens (tertiary/aromatic N) is 1. The highest BCUT2D eigenvalue weighted by Gasteiger charge is 2.32. The van der Waals surface area contributed by atoms with Gasteiger partial charge in [-0.25, -0.2) is 5.43 Å². The van der Waals surface area contributed by atoms with Crippen LogP contribution in [0.25, 0.3) is 0 Å². The van der Waals surface area contributed by atoms with Crippen molar-refractivity contribution < 1.29 is 14.4 Å². The molecule has 3 N–H and O–H groups in total. The number of nitrogens with one attached hydrogen (secondary N) is 3. The summed E-state index contributed by atoms with van der Waals surface area (Å²) < 4.78 is 0. The van der Waals surface area contributed by atoms with E-state index in [-0.39, 0.29) is 29.3 Å². The summed E-state index contributed by atoms with van der Waals surface area (Å²) in [5.74, 6) is -0.885. The lowest BCUT2D eigenvalue weighted by Gasteiger charge is -2.06.